The van der Waals surface area contributed by atoms with E-state index in [1.807, 2.05) is 0 Å². The fourth-order valence-electron chi connectivity index (χ4n) is 19.2. The van der Waals surface area contributed by atoms with Crippen LogP contribution in [0.3, 0.4) is 0 Å². The van der Waals surface area contributed by atoms with E-state index in [0.717, 1.165) is 11.4 Å². The smallest absolute Gasteiger partial charge is 0.0725 e. The lowest BCUT2D eigenvalue weighted by molar-refractivity contribution is 0.769. The number of aromatic nitrogens is 2. The van der Waals surface area contributed by atoms with Crippen molar-refractivity contribution in [2.45, 2.75) is 10.8 Å². The van der Waals surface area contributed by atoms with Crippen molar-refractivity contribution in [3.63, 3.8) is 0 Å². The molecule has 1 spiro atoms. The maximum Gasteiger partial charge on any atom is 0.0725 e. The number of hydrogen-bond donors (Lipinski definition) is 0. The normalized spacial score (nSPS) is 13.3. The molecule has 3 aliphatic rings. The Morgan fingerprint density at radius 3 is 0.769 bits per heavy atom. The van der Waals surface area contributed by atoms with Gasteiger partial charge in [0.05, 0.1) is 32.9 Å². The molecule has 482 valence electrons. The van der Waals surface area contributed by atoms with E-state index < -0.39 is 5.41 Å². The summed E-state index contributed by atoms with van der Waals surface area (Å²) in [5.41, 5.74) is 30.0. The molecule has 3 aliphatic carbocycles. The molecule has 18 aromatic carbocycles. The maximum absolute atomic E-state index is 2.47. The Hall–Kier alpha value is -13.4. The zero-order valence-corrected chi connectivity index (χ0v) is 56.8. The fourth-order valence-corrected chi connectivity index (χ4v) is 19.2. The zero-order valence-electron chi connectivity index (χ0n) is 56.8. The molecule has 0 bridgehead atoms. The van der Waals surface area contributed by atoms with Crippen LogP contribution in [0.5, 0.6) is 0 Å². The number of nitrogens with zero attached hydrogens (tertiary/aromatic N) is 2. The van der Waals surface area contributed by atoms with Gasteiger partial charge in [-0.3, -0.25) is 0 Å². The SMILES string of the molecule is c1ccc(C2(c3ccccc3)c3ccccc3-c3ccc(-c4ccc(-n5c6ccc7ccccc7c6c6c7ccccc7ccc65)cc4)cc32)cc1.c1ccc2c(c1)-c1ccccc1C21c2ccccc2-c2ccc(-c3ccc(-n4c5ccc6ccccc6c5c5c6ccccc6ccc54)cc3)cc21. The average Bonchev–Trinajstić information content (AvgIpc) is 1.49. The van der Waals surface area contributed by atoms with Gasteiger partial charge in [0.15, 0.2) is 0 Å². The summed E-state index contributed by atoms with van der Waals surface area (Å²) in [6.45, 7) is 0. The Kier molecular flexibility index (Phi) is 12.7. The number of fused-ring (bicyclic) bond motifs is 27. The quantitative estimate of drug-likeness (QED) is 0.157. The summed E-state index contributed by atoms with van der Waals surface area (Å²) in [5.74, 6) is 0. The van der Waals surface area contributed by atoms with Gasteiger partial charge in [-0.05, 0) is 204 Å². The van der Waals surface area contributed by atoms with Crippen LogP contribution in [0, 0.1) is 0 Å². The second kappa shape index (κ2) is 22.6. The summed E-state index contributed by atoms with van der Waals surface area (Å²) >= 11 is 0. The molecule has 0 radical (unpaired) electrons. The molecule has 2 heteroatoms. The predicted molar refractivity (Wildman–Crippen MR) is 436 cm³/mol. The van der Waals surface area contributed by atoms with E-state index in [1.54, 1.807) is 0 Å². The van der Waals surface area contributed by atoms with Crippen molar-refractivity contribution in [3.05, 3.63) is 433 Å². The molecule has 0 amide bonds. The van der Waals surface area contributed by atoms with Crippen LogP contribution in [-0.4, -0.2) is 9.13 Å². The highest BCUT2D eigenvalue weighted by Gasteiger charge is 2.52. The molecule has 2 heterocycles. The topological polar surface area (TPSA) is 9.86 Å². The first-order valence-electron chi connectivity index (χ1n) is 36.3. The van der Waals surface area contributed by atoms with Crippen LogP contribution in [0.25, 0.3) is 154 Å². The zero-order chi connectivity index (χ0) is 68.2. The van der Waals surface area contributed by atoms with Crippen molar-refractivity contribution in [3.8, 4) is 67.0 Å². The van der Waals surface area contributed by atoms with Crippen molar-refractivity contribution in [1.82, 2.24) is 9.13 Å². The highest BCUT2D eigenvalue weighted by atomic mass is 15.0. The van der Waals surface area contributed by atoms with Gasteiger partial charge < -0.3 is 9.13 Å². The number of hydrogen-bond acceptors (Lipinski definition) is 0. The minimum Gasteiger partial charge on any atom is -0.309 e. The molecular formula is C102H64N2. The third-order valence-electron chi connectivity index (χ3n) is 23.5. The van der Waals surface area contributed by atoms with Gasteiger partial charge >= 0.3 is 0 Å². The molecular weight excluding hydrogens is 1250 g/mol. The Morgan fingerprint density at radius 2 is 0.433 bits per heavy atom. The Labute approximate surface area is 602 Å². The molecule has 104 heavy (non-hydrogen) atoms. The number of benzene rings is 18. The Balaban J connectivity index is 0.000000131. The number of rotatable bonds is 6. The lowest BCUT2D eigenvalue weighted by Gasteiger charge is -2.34. The molecule has 0 aliphatic heterocycles. The predicted octanol–water partition coefficient (Wildman–Crippen LogP) is 26.2. The van der Waals surface area contributed by atoms with E-state index in [1.165, 1.54) is 187 Å². The van der Waals surface area contributed by atoms with E-state index in [-0.39, 0.29) is 5.41 Å². The second-order valence-electron chi connectivity index (χ2n) is 28.4. The van der Waals surface area contributed by atoms with E-state index in [0.29, 0.717) is 0 Å². The molecule has 0 atom stereocenters. The molecule has 2 aromatic heterocycles. The van der Waals surface area contributed by atoms with Crippen molar-refractivity contribution in [2.24, 2.45) is 0 Å². The largest absolute Gasteiger partial charge is 0.309 e. The second-order valence-corrected chi connectivity index (χ2v) is 28.4. The average molecular weight is 1320 g/mol. The van der Waals surface area contributed by atoms with E-state index in [4.69, 9.17) is 0 Å². The molecule has 0 saturated carbocycles. The molecule has 0 fully saturated rings. The van der Waals surface area contributed by atoms with Crippen LogP contribution in [0.2, 0.25) is 0 Å². The molecule has 2 nitrogen and oxygen atoms in total. The Morgan fingerprint density at radius 1 is 0.173 bits per heavy atom. The molecule has 23 rings (SSSR count). The molecule has 20 aromatic rings. The highest BCUT2D eigenvalue weighted by molar-refractivity contribution is 6.30. The van der Waals surface area contributed by atoms with Gasteiger partial charge in [-0.15, -0.1) is 0 Å². The van der Waals surface area contributed by atoms with Crippen molar-refractivity contribution >= 4 is 86.7 Å². The van der Waals surface area contributed by atoms with E-state index in [9.17, 15) is 0 Å². The third kappa shape index (κ3) is 8.16. The van der Waals surface area contributed by atoms with Gasteiger partial charge in [-0.25, -0.2) is 0 Å². The summed E-state index contributed by atoms with van der Waals surface area (Å²) in [5, 5.41) is 15.5. The molecule has 0 N–H and O–H groups in total. The summed E-state index contributed by atoms with van der Waals surface area (Å²) in [7, 11) is 0. The maximum atomic E-state index is 2.47. The van der Waals surface area contributed by atoms with Crippen LogP contribution in [0.1, 0.15) is 44.5 Å². The first-order valence-corrected chi connectivity index (χ1v) is 36.3. The van der Waals surface area contributed by atoms with Crippen molar-refractivity contribution in [2.75, 3.05) is 0 Å². The van der Waals surface area contributed by atoms with Crippen molar-refractivity contribution < 1.29 is 0 Å². The van der Waals surface area contributed by atoms with Crippen LogP contribution in [0.15, 0.2) is 388 Å². The fraction of sp³-hybridized carbons (Fsp3) is 0.0196. The summed E-state index contributed by atoms with van der Waals surface area (Å²) in [6, 6.07) is 144. The highest BCUT2D eigenvalue weighted by Crippen LogP contribution is 2.63. The summed E-state index contributed by atoms with van der Waals surface area (Å²) in [4.78, 5) is 0. The third-order valence-corrected chi connectivity index (χ3v) is 23.5. The summed E-state index contributed by atoms with van der Waals surface area (Å²) < 4.78 is 4.90. The van der Waals surface area contributed by atoms with Crippen LogP contribution < -0.4 is 0 Å². The molecule has 0 saturated heterocycles. The Bertz CT molecular complexity index is 6320. The minimum absolute atomic E-state index is 0.344. The lowest BCUT2D eigenvalue weighted by atomic mass is 9.67. The van der Waals surface area contributed by atoms with Crippen LogP contribution >= 0.6 is 0 Å². The van der Waals surface area contributed by atoms with Gasteiger partial charge in [0.1, 0.15) is 0 Å². The van der Waals surface area contributed by atoms with Gasteiger partial charge in [0.2, 0.25) is 0 Å². The summed E-state index contributed by atoms with van der Waals surface area (Å²) in [6.07, 6.45) is 0. The standard InChI is InChI=1S/C51H31N.C51H33N/c1-3-13-37-33(11-1)24-29-47-49(37)50-38-14-4-2-12-34(38)25-30-48(50)52(47)36-26-21-32(22-27-36)35-23-28-42-41-17-7-10-20-45(41)51(46(42)31-35)43-18-8-5-15-39(43)40-16-6-9-19-44(40)51;1-3-15-38(16-4-1)51(39-17-5-2-6-18-39)45-22-12-11-21-43(45)44-30-25-37(33-46(44)51)34-23-28-40(29-24-34)52-47-31-26-35-13-7-9-19-41(35)49(47)50-42-20-10-8-14-36(42)27-32-48(50)52/h1-31H;1-33H. The van der Waals surface area contributed by atoms with Gasteiger partial charge in [0.25, 0.3) is 0 Å². The monoisotopic (exact) mass is 1320 g/mol. The van der Waals surface area contributed by atoms with Crippen LogP contribution in [-0.2, 0) is 10.8 Å². The van der Waals surface area contributed by atoms with E-state index in [2.05, 4.69) is 397 Å². The van der Waals surface area contributed by atoms with Crippen molar-refractivity contribution in [1.29, 1.82) is 0 Å². The lowest BCUT2D eigenvalue weighted by Crippen LogP contribution is -2.28. The first-order chi connectivity index (χ1) is 51.6. The van der Waals surface area contributed by atoms with Crippen LogP contribution in [0.4, 0.5) is 0 Å². The minimum atomic E-state index is -0.418. The van der Waals surface area contributed by atoms with Gasteiger partial charge in [-0.1, -0.05) is 328 Å². The van der Waals surface area contributed by atoms with Gasteiger partial charge in [0, 0.05) is 32.9 Å². The first kappa shape index (κ1) is 58.4. The molecule has 0 unspecified atom stereocenters. The van der Waals surface area contributed by atoms with Gasteiger partial charge in [-0.2, -0.15) is 0 Å². The van der Waals surface area contributed by atoms with E-state index >= 15 is 0 Å².